The number of benzene rings is 3. The SMILES string of the molecule is C[C@@H](C=CO[Si](c1ccccc1)(c1ccccc1)C(C)(C)C)COCc1ccccc1. The van der Waals surface area contributed by atoms with Crippen LogP contribution >= 0.6 is 0 Å². The molecule has 0 bridgehead atoms. The van der Waals surface area contributed by atoms with Gasteiger partial charge in [0, 0.05) is 5.92 Å². The van der Waals surface area contributed by atoms with Crippen LogP contribution in [0.25, 0.3) is 0 Å². The lowest BCUT2D eigenvalue weighted by atomic mass is 10.2. The van der Waals surface area contributed by atoms with Crippen molar-refractivity contribution in [3.8, 4) is 0 Å². The molecular weight excluding hydrogens is 396 g/mol. The van der Waals surface area contributed by atoms with Crippen LogP contribution in [0.1, 0.15) is 33.3 Å². The molecule has 0 saturated carbocycles. The zero-order valence-corrected chi connectivity index (χ0v) is 20.1. The predicted molar refractivity (Wildman–Crippen MR) is 133 cm³/mol. The second-order valence-corrected chi connectivity index (χ2v) is 13.3. The third kappa shape index (κ3) is 5.75. The van der Waals surface area contributed by atoms with Gasteiger partial charge in [-0.2, -0.15) is 0 Å². The van der Waals surface area contributed by atoms with Crippen LogP contribution in [0.5, 0.6) is 0 Å². The Morgan fingerprint density at radius 1 is 0.774 bits per heavy atom. The Hall–Kier alpha value is -2.62. The van der Waals surface area contributed by atoms with Gasteiger partial charge in [-0.1, -0.05) is 119 Å². The first kappa shape index (κ1) is 23.0. The molecule has 0 aliphatic carbocycles. The molecule has 0 amide bonds. The Labute approximate surface area is 188 Å². The summed E-state index contributed by atoms with van der Waals surface area (Å²) < 4.78 is 12.7. The Balaban J connectivity index is 1.77. The van der Waals surface area contributed by atoms with E-state index in [-0.39, 0.29) is 11.0 Å². The number of rotatable bonds is 9. The summed E-state index contributed by atoms with van der Waals surface area (Å²) in [6, 6.07) is 31.7. The summed E-state index contributed by atoms with van der Waals surface area (Å²) >= 11 is 0. The third-order valence-corrected chi connectivity index (χ3v) is 10.5. The lowest BCUT2D eigenvalue weighted by molar-refractivity contribution is 0.103. The maximum atomic E-state index is 6.80. The molecule has 31 heavy (non-hydrogen) atoms. The second kappa shape index (κ2) is 10.6. The van der Waals surface area contributed by atoms with E-state index in [0.717, 1.165) is 0 Å². The van der Waals surface area contributed by atoms with E-state index in [4.69, 9.17) is 9.16 Å². The van der Waals surface area contributed by atoms with Gasteiger partial charge in [-0.15, -0.1) is 0 Å². The van der Waals surface area contributed by atoms with Crippen LogP contribution in [0, 0.1) is 5.92 Å². The Morgan fingerprint density at radius 2 is 1.26 bits per heavy atom. The van der Waals surface area contributed by atoms with Crippen LogP contribution < -0.4 is 10.4 Å². The fourth-order valence-electron chi connectivity index (χ4n) is 3.96. The highest BCUT2D eigenvalue weighted by Gasteiger charge is 2.51. The Kier molecular flexibility index (Phi) is 7.89. The lowest BCUT2D eigenvalue weighted by Crippen LogP contribution is -2.65. The van der Waals surface area contributed by atoms with Crippen LogP contribution in [-0.4, -0.2) is 14.9 Å². The second-order valence-electron chi connectivity index (χ2n) is 9.09. The van der Waals surface area contributed by atoms with E-state index in [1.807, 2.05) is 24.5 Å². The largest absolute Gasteiger partial charge is 0.540 e. The highest BCUT2D eigenvalue weighted by Crippen LogP contribution is 2.36. The molecule has 2 nitrogen and oxygen atoms in total. The van der Waals surface area contributed by atoms with Crippen molar-refractivity contribution in [2.45, 2.75) is 39.3 Å². The summed E-state index contributed by atoms with van der Waals surface area (Å²) in [4.78, 5) is 0. The van der Waals surface area contributed by atoms with E-state index < -0.39 is 8.32 Å². The summed E-state index contributed by atoms with van der Waals surface area (Å²) in [5, 5.41) is 2.53. The molecule has 0 unspecified atom stereocenters. The molecule has 0 radical (unpaired) electrons. The minimum atomic E-state index is -2.53. The van der Waals surface area contributed by atoms with Gasteiger partial charge in [-0.25, -0.2) is 0 Å². The maximum absolute atomic E-state index is 6.80. The lowest BCUT2D eigenvalue weighted by Gasteiger charge is -2.42. The van der Waals surface area contributed by atoms with Gasteiger partial charge in [0.15, 0.2) is 0 Å². The molecule has 0 saturated heterocycles. The Bertz CT molecular complexity index is 892. The standard InChI is InChI=1S/C28H34O2Si/c1-24(22-29-23-25-14-8-5-9-15-25)20-21-30-31(28(2,3)4,26-16-10-6-11-17-26)27-18-12-7-13-19-27/h5-21,24H,22-23H2,1-4H3/t24-/m0/s1. The van der Waals surface area contributed by atoms with E-state index in [9.17, 15) is 0 Å². The highest BCUT2D eigenvalue weighted by molar-refractivity contribution is 6.99. The fraction of sp³-hybridized carbons (Fsp3) is 0.286. The minimum absolute atomic E-state index is 0.0346. The normalized spacial score (nSPS) is 13.3. The topological polar surface area (TPSA) is 18.5 Å². The van der Waals surface area contributed by atoms with Gasteiger partial charge in [0.2, 0.25) is 0 Å². The third-order valence-electron chi connectivity index (χ3n) is 5.56. The van der Waals surface area contributed by atoms with Gasteiger partial charge in [0.05, 0.1) is 19.5 Å². The first-order valence-corrected chi connectivity index (χ1v) is 12.9. The van der Waals surface area contributed by atoms with Crippen molar-refractivity contribution in [1.29, 1.82) is 0 Å². The van der Waals surface area contributed by atoms with Gasteiger partial charge in [-0.05, 0) is 27.1 Å². The highest BCUT2D eigenvalue weighted by atomic mass is 28.4. The average Bonchev–Trinajstić information content (AvgIpc) is 2.78. The summed E-state index contributed by atoms with van der Waals surface area (Å²) in [5.41, 5.74) is 1.20. The maximum Gasteiger partial charge on any atom is 0.319 e. The van der Waals surface area contributed by atoms with E-state index in [2.05, 4.69) is 107 Å². The first-order chi connectivity index (χ1) is 14.9. The molecule has 3 heteroatoms. The van der Waals surface area contributed by atoms with Crippen molar-refractivity contribution in [2.75, 3.05) is 6.61 Å². The molecule has 0 fully saturated rings. The molecule has 162 valence electrons. The monoisotopic (exact) mass is 430 g/mol. The van der Waals surface area contributed by atoms with Crippen LogP contribution in [0.2, 0.25) is 5.04 Å². The molecule has 0 aliphatic rings. The van der Waals surface area contributed by atoms with Crippen LogP contribution in [-0.2, 0) is 15.8 Å². The molecule has 3 aromatic carbocycles. The zero-order chi connectivity index (χ0) is 22.2. The number of ether oxygens (including phenoxy) is 1. The number of hydrogen-bond acceptors (Lipinski definition) is 2. The molecule has 0 heterocycles. The molecule has 3 aromatic rings. The van der Waals surface area contributed by atoms with Gasteiger partial charge in [-0.3, -0.25) is 0 Å². The minimum Gasteiger partial charge on any atom is -0.540 e. The van der Waals surface area contributed by atoms with Gasteiger partial charge in [0.25, 0.3) is 0 Å². The van der Waals surface area contributed by atoms with E-state index in [1.54, 1.807) is 0 Å². The number of hydrogen-bond donors (Lipinski definition) is 0. The van der Waals surface area contributed by atoms with E-state index in [0.29, 0.717) is 13.2 Å². The van der Waals surface area contributed by atoms with Crippen molar-refractivity contribution in [2.24, 2.45) is 5.92 Å². The van der Waals surface area contributed by atoms with Gasteiger partial charge < -0.3 is 9.16 Å². The summed E-state index contributed by atoms with van der Waals surface area (Å²) in [7, 11) is -2.53. The predicted octanol–water partition coefficient (Wildman–Crippen LogP) is 5.93. The van der Waals surface area contributed by atoms with Crippen LogP contribution in [0.4, 0.5) is 0 Å². The molecule has 3 rings (SSSR count). The fourth-order valence-corrected chi connectivity index (χ4v) is 8.26. The molecule has 1 atom stereocenters. The van der Waals surface area contributed by atoms with E-state index >= 15 is 0 Å². The van der Waals surface area contributed by atoms with Crippen LogP contribution in [0.3, 0.4) is 0 Å². The van der Waals surface area contributed by atoms with Crippen molar-refractivity contribution in [1.82, 2.24) is 0 Å². The molecule has 0 aromatic heterocycles. The summed E-state index contributed by atoms with van der Waals surface area (Å²) in [5.74, 6) is 0.266. The first-order valence-electron chi connectivity index (χ1n) is 11.0. The van der Waals surface area contributed by atoms with Crippen LogP contribution in [0.15, 0.2) is 103 Å². The van der Waals surface area contributed by atoms with Crippen molar-refractivity contribution in [3.05, 3.63) is 109 Å². The smallest absolute Gasteiger partial charge is 0.319 e. The van der Waals surface area contributed by atoms with Crippen molar-refractivity contribution in [3.63, 3.8) is 0 Å². The summed E-state index contributed by atoms with van der Waals surface area (Å²) in [6.45, 7) is 10.3. The average molecular weight is 431 g/mol. The van der Waals surface area contributed by atoms with Crippen molar-refractivity contribution < 1.29 is 9.16 Å². The molecular formula is C28H34O2Si. The molecule has 0 aliphatic heterocycles. The van der Waals surface area contributed by atoms with E-state index in [1.165, 1.54) is 15.9 Å². The molecule has 0 spiro atoms. The zero-order valence-electron chi connectivity index (χ0n) is 19.1. The Morgan fingerprint density at radius 3 is 1.74 bits per heavy atom. The van der Waals surface area contributed by atoms with Gasteiger partial charge >= 0.3 is 8.32 Å². The quantitative estimate of drug-likeness (QED) is 0.309. The molecule has 0 N–H and O–H groups in total. The van der Waals surface area contributed by atoms with Gasteiger partial charge in [0.1, 0.15) is 0 Å². The summed E-state index contributed by atoms with van der Waals surface area (Å²) in [6.07, 6.45) is 4.05. The van der Waals surface area contributed by atoms with Crippen molar-refractivity contribution >= 4 is 18.7 Å².